The van der Waals surface area contributed by atoms with Crippen molar-refractivity contribution in [1.29, 1.82) is 0 Å². The zero-order chi connectivity index (χ0) is 15.8. The molecule has 21 heavy (non-hydrogen) atoms. The van der Waals surface area contributed by atoms with E-state index >= 15 is 0 Å². The summed E-state index contributed by atoms with van der Waals surface area (Å²) in [6, 6.07) is 1.24. The van der Waals surface area contributed by atoms with Gasteiger partial charge in [-0.1, -0.05) is 0 Å². The predicted octanol–water partition coefficient (Wildman–Crippen LogP) is 0.710. The first-order valence-electron chi connectivity index (χ1n) is 6.13. The fourth-order valence-corrected chi connectivity index (χ4v) is 2.36. The number of hydrogen-bond donors (Lipinski definition) is 2. The van der Waals surface area contributed by atoms with E-state index in [1.807, 2.05) is 0 Å². The summed E-state index contributed by atoms with van der Waals surface area (Å²) in [5.74, 6) is -2.14. The molecule has 1 aromatic rings. The van der Waals surface area contributed by atoms with Crippen LogP contribution in [-0.2, 0) is 11.3 Å². The lowest BCUT2D eigenvalue weighted by molar-refractivity contribution is -0.142. The molecule has 1 amide bonds. The number of aliphatic hydroxyl groups is 1. The van der Waals surface area contributed by atoms with Crippen molar-refractivity contribution in [3.63, 3.8) is 0 Å². The highest BCUT2D eigenvalue weighted by molar-refractivity contribution is 5.95. The van der Waals surface area contributed by atoms with E-state index in [9.17, 15) is 27.9 Å². The predicted molar refractivity (Wildman–Crippen MR) is 63.6 cm³/mol. The number of amides is 1. The van der Waals surface area contributed by atoms with E-state index in [4.69, 9.17) is 5.11 Å². The van der Waals surface area contributed by atoms with E-state index in [0.29, 0.717) is 4.57 Å². The number of carboxylic acids is 1. The van der Waals surface area contributed by atoms with Gasteiger partial charge in [-0.15, -0.1) is 0 Å². The first-order valence-corrected chi connectivity index (χ1v) is 6.13. The molecule has 0 bridgehead atoms. The SMILES string of the molecule is O=C(O)[C@@H]1C[C@H](O)CN1C(=O)c1cccn1CC(F)(F)F. The van der Waals surface area contributed by atoms with Crippen LogP contribution in [-0.4, -0.2) is 56.4 Å². The summed E-state index contributed by atoms with van der Waals surface area (Å²) >= 11 is 0. The maximum absolute atomic E-state index is 12.4. The van der Waals surface area contributed by atoms with Gasteiger partial charge in [0, 0.05) is 19.2 Å². The number of carbonyl (C=O) groups is 2. The molecular weight excluding hydrogens is 293 g/mol. The van der Waals surface area contributed by atoms with Gasteiger partial charge in [0.1, 0.15) is 18.3 Å². The lowest BCUT2D eigenvalue weighted by Crippen LogP contribution is -2.41. The number of rotatable bonds is 3. The van der Waals surface area contributed by atoms with Gasteiger partial charge in [0.05, 0.1) is 6.10 Å². The number of likely N-dealkylation sites (tertiary alicyclic amines) is 1. The summed E-state index contributed by atoms with van der Waals surface area (Å²) in [6.45, 7) is -1.55. The number of aliphatic carboxylic acids is 1. The smallest absolute Gasteiger partial charge is 0.406 e. The Hall–Kier alpha value is -2.03. The summed E-state index contributed by atoms with van der Waals surface area (Å²) in [4.78, 5) is 24.2. The van der Waals surface area contributed by atoms with E-state index in [0.717, 1.165) is 11.1 Å². The highest BCUT2D eigenvalue weighted by Gasteiger charge is 2.40. The van der Waals surface area contributed by atoms with Crippen molar-refractivity contribution in [1.82, 2.24) is 9.47 Å². The van der Waals surface area contributed by atoms with Crippen molar-refractivity contribution in [3.8, 4) is 0 Å². The highest BCUT2D eigenvalue weighted by Crippen LogP contribution is 2.23. The summed E-state index contributed by atoms with van der Waals surface area (Å²) < 4.78 is 38.0. The van der Waals surface area contributed by atoms with Crippen LogP contribution in [0.15, 0.2) is 18.3 Å². The number of nitrogens with zero attached hydrogens (tertiary/aromatic N) is 2. The molecule has 0 spiro atoms. The van der Waals surface area contributed by atoms with Crippen LogP contribution < -0.4 is 0 Å². The fraction of sp³-hybridized carbons (Fsp3) is 0.500. The summed E-state index contributed by atoms with van der Waals surface area (Å²) in [6.07, 6.45) is -4.53. The minimum absolute atomic E-state index is 0.138. The number of β-amino-alcohol motifs (C(OH)–C–C–N with tert-alkyl or cyclic N) is 1. The zero-order valence-corrected chi connectivity index (χ0v) is 10.7. The van der Waals surface area contributed by atoms with Crippen LogP contribution in [0.5, 0.6) is 0 Å². The third-order valence-corrected chi connectivity index (χ3v) is 3.22. The van der Waals surface area contributed by atoms with Gasteiger partial charge in [0.25, 0.3) is 5.91 Å². The zero-order valence-electron chi connectivity index (χ0n) is 10.7. The van der Waals surface area contributed by atoms with Gasteiger partial charge in [0.15, 0.2) is 0 Å². The van der Waals surface area contributed by atoms with Crippen molar-refractivity contribution in [2.45, 2.75) is 31.3 Å². The second kappa shape index (κ2) is 5.40. The van der Waals surface area contributed by atoms with E-state index in [-0.39, 0.29) is 18.7 Å². The molecule has 2 atom stereocenters. The molecule has 2 N–H and O–H groups in total. The van der Waals surface area contributed by atoms with Crippen molar-refractivity contribution in [2.75, 3.05) is 6.54 Å². The maximum Gasteiger partial charge on any atom is 0.406 e. The van der Waals surface area contributed by atoms with Crippen LogP contribution in [0.1, 0.15) is 16.9 Å². The number of aromatic nitrogens is 1. The monoisotopic (exact) mass is 306 g/mol. The maximum atomic E-state index is 12.4. The Bertz CT molecular complexity index is 555. The van der Waals surface area contributed by atoms with Crippen molar-refractivity contribution < 1.29 is 33.0 Å². The average molecular weight is 306 g/mol. The third kappa shape index (κ3) is 3.35. The van der Waals surface area contributed by atoms with E-state index < -0.39 is 36.7 Å². The van der Waals surface area contributed by atoms with E-state index in [2.05, 4.69) is 0 Å². The number of halogens is 3. The topological polar surface area (TPSA) is 82.8 Å². The van der Waals surface area contributed by atoms with Crippen LogP contribution >= 0.6 is 0 Å². The van der Waals surface area contributed by atoms with Gasteiger partial charge in [-0.2, -0.15) is 13.2 Å². The summed E-state index contributed by atoms with van der Waals surface area (Å²) in [5, 5.41) is 18.5. The largest absolute Gasteiger partial charge is 0.480 e. The Morgan fingerprint density at radius 1 is 1.38 bits per heavy atom. The second-order valence-electron chi connectivity index (χ2n) is 4.84. The van der Waals surface area contributed by atoms with Crippen LogP contribution in [0.2, 0.25) is 0 Å². The van der Waals surface area contributed by atoms with Gasteiger partial charge in [-0.05, 0) is 12.1 Å². The molecule has 2 heterocycles. The molecule has 9 heteroatoms. The Kier molecular flexibility index (Phi) is 3.95. The normalized spacial score (nSPS) is 22.6. The fourth-order valence-electron chi connectivity index (χ4n) is 2.36. The molecule has 116 valence electrons. The first-order chi connectivity index (χ1) is 9.69. The molecule has 1 fully saturated rings. The number of carbonyl (C=O) groups excluding carboxylic acids is 1. The molecule has 1 aliphatic rings. The summed E-state index contributed by atoms with van der Waals surface area (Å²) in [7, 11) is 0. The number of carboxylic acid groups (broad SMARTS) is 1. The molecule has 0 aliphatic carbocycles. The molecule has 1 saturated heterocycles. The lowest BCUT2D eigenvalue weighted by atomic mass is 10.2. The molecule has 0 saturated carbocycles. The lowest BCUT2D eigenvalue weighted by Gasteiger charge is -2.22. The Labute approximate surface area is 117 Å². The minimum atomic E-state index is -4.50. The van der Waals surface area contributed by atoms with Gasteiger partial charge < -0.3 is 19.7 Å². The third-order valence-electron chi connectivity index (χ3n) is 3.22. The average Bonchev–Trinajstić information content (AvgIpc) is 2.92. The van der Waals surface area contributed by atoms with Crippen LogP contribution in [0.4, 0.5) is 13.2 Å². The van der Waals surface area contributed by atoms with Gasteiger partial charge in [0.2, 0.25) is 0 Å². The molecule has 6 nitrogen and oxygen atoms in total. The number of aliphatic hydroxyl groups excluding tert-OH is 1. The van der Waals surface area contributed by atoms with E-state index in [1.165, 1.54) is 12.1 Å². The van der Waals surface area contributed by atoms with Crippen LogP contribution in [0, 0.1) is 0 Å². The van der Waals surface area contributed by atoms with Crippen molar-refractivity contribution in [3.05, 3.63) is 24.0 Å². The first kappa shape index (κ1) is 15.4. The molecule has 1 aromatic heterocycles. The van der Waals surface area contributed by atoms with Gasteiger partial charge in [-0.25, -0.2) is 4.79 Å². The molecular formula is C12H13F3N2O4. The van der Waals surface area contributed by atoms with Crippen molar-refractivity contribution in [2.24, 2.45) is 0 Å². The Morgan fingerprint density at radius 2 is 2.05 bits per heavy atom. The van der Waals surface area contributed by atoms with Gasteiger partial charge in [-0.3, -0.25) is 4.79 Å². The number of alkyl halides is 3. The minimum Gasteiger partial charge on any atom is -0.480 e. The highest BCUT2D eigenvalue weighted by atomic mass is 19.4. The summed E-state index contributed by atoms with van der Waals surface area (Å²) in [5.41, 5.74) is -0.257. The second-order valence-corrected chi connectivity index (χ2v) is 4.84. The molecule has 0 radical (unpaired) electrons. The number of hydrogen-bond acceptors (Lipinski definition) is 3. The van der Waals surface area contributed by atoms with Crippen LogP contribution in [0.3, 0.4) is 0 Å². The van der Waals surface area contributed by atoms with Crippen LogP contribution in [0.25, 0.3) is 0 Å². The van der Waals surface area contributed by atoms with E-state index in [1.54, 1.807) is 0 Å². The van der Waals surface area contributed by atoms with Gasteiger partial charge >= 0.3 is 12.1 Å². The molecule has 0 unspecified atom stereocenters. The molecule has 0 aromatic carbocycles. The Balaban J connectivity index is 2.24. The van der Waals surface area contributed by atoms with Crippen molar-refractivity contribution >= 4 is 11.9 Å². The molecule has 1 aliphatic heterocycles. The quantitative estimate of drug-likeness (QED) is 0.861. The Morgan fingerprint density at radius 3 is 2.62 bits per heavy atom. The molecule has 2 rings (SSSR count). The standard InChI is InChI=1S/C12H13F3N2O4/c13-12(14,15)6-16-3-1-2-8(16)10(19)17-5-7(18)4-9(17)11(20)21/h1-3,7,9,18H,4-6H2,(H,20,21)/t7-,9-/m0/s1.